The fourth-order valence-electron chi connectivity index (χ4n) is 4.60. The van der Waals surface area contributed by atoms with E-state index in [1.54, 1.807) is 0 Å². The number of nitrogens with one attached hydrogen (secondary N) is 1. The second-order valence-corrected chi connectivity index (χ2v) is 8.55. The smallest absolute Gasteiger partial charge is 0.193 e. The Bertz CT molecular complexity index is 454. The lowest BCUT2D eigenvalue weighted by molar-refractivity contribution is 0.119. The molecule has 1 N–H and O–H groups in total. The molecule has 3 saturated heterocycles. The fourth-order valence-corrected chi connectivity index (χ4v) is 4.60. The molecule has 7 heteroatoms. The predicted octanol–water partition coefficient (Wildman–Crippen LogP) is 1.62. The van der Waals surface area contributed by atoms with E-state index in [1.165, 1.54) is 58.4 Å². The van der Waals surface area contributed by atoms with Gasteiger partial charge in [0, 0.05) is 51.9 Å². The van der Waals surface area contributed by atoms with Gasteiger partial charge >= 0.3 is 0 Å². The summed E-state index contributed by atoms with van der Waals surface area (Å²) in [4.78, 5) is 15.1. The molecule has 3 fully saturated rings. The van der Waals surface area contributed by atoms with Crippen LogP contribution in [0.15, 0.2) is 4.99 Å². The van der Waals surface area contributed by atoms with Crippen LogP contribution in [-0.4, -0.2) is 111 Å². The second-order valence-electron chi connectivity index (χ2n) is 8.55. The van der Waals surface area contributed by atoms with Crippen molar-refractivity contribution in [1.82, 2.24) is 24.9 Å². The number of guanidine groups is 1. The van der Waals surface area contributed by atoms with Gasteiger partial charge in [-0.05, 0) is 59.3 Å². The van der Waals surface area contributed by atoms with Crippen LogP contribution in [0.5, 0.6) is 0 Å². The molecule has 3 heterocycles. The van der Waals surface area contributed by atoms with Crippen molar-refractivity contribution in [3.63, 3.8) is 0 Å². The lowest BCUT2D eigenvalue weighted by Crippen LogP contribution is -2.51. The Labute approximate surface area is 183 Å². The third kappa shape index (κ3) is 7.01. The van der Waals surface area contributed by atoms with E-state index >= 15 is 0 Å². The minimum atomic E-state index is 0. The summed E-state index contributed by atoms with van der Waals surface area (Å²) in [5.41, 5.74) is 0. The molecule has 3 rings (SSSR count). The Hall–Kier alpha value is -0.120. The average molecular weight is 492 g/mol. The van der Waals surface area contributed by atoms with Gasteiger partial charge in [0.25, 0.3) is 0 Å². The van der Waals surface area contributed by atoms with E-state index in [0.29, 0.717) is 6.04 Å². The largest absolute Gasteiger partial charge is 0.357 e. The average Bonchev–Trinajstić information content (AvgIpc) is 3.10. The maximum absolute atomic E-state index is 5.03. The topological polar surface area (TPSA) is 37.4 Å². The standard InChI is InChI=1S/C20H40N6.HI/c1-4-21-20(22-14-19-17-23(2)12-13-24(19)3)26-11-8-18(16-26)15-25-9-6-5-7-10-25;/h18-19H,4-17H2,1-3H3,(H,21,22);1H. The van der Waals surface area contributed by atoms with Gasteiger partial charge in [-0.25, -0.2) is 0 Å². The number of likely N-dealkylation sites (tertiary alicyclic amines) is 2. The number of aliphatic imine (C=N–C) groups is 1. The van der Waals surface area contributed by atoms with Crippen molar-refractivity contribution in [3.05, 3.63) is 0 Å². The van der Waals surface area contributed by atoms with Crippen LogP contribution in [-0.2, 0) is 0 Å². The third-order valence-corrected chi connectivity index (χ3v) is 6.32. The fraction of sp³-hybridized carbons (Fsp3) is 0.950. The highest BCUT2D eigenvalue weighted by atomic mass is 127. The first kappa shape index (κ1) is 23.2. The minimum Gasteiger partial charge on any atom is -0.357 e. The van der Waals surface area contributed by atoms with Crippen LogP contribution in [0.3, 0.4) is 0 Å². The first-order valence-corrected chi connectivity index (χ1v) is 10.8. The van der Waals surface area contributed by atoms with E-state index in [0.717, 1.165) is 44.6 Å². The van der Waals surface area contributed by atoms with E-state index in [9.17, 15) is 0 Å². The molecular formula is C20H41IN6. The molecule has 0 aliphatic carbocycles. The summed E-state index contributed by atoms with van der Waals surface area (Å²) in [5, 5.41) is 3.54. The molecule has 158 valence electrons. The molecular weight excluding hydrogens is 451 g/mol. The van der Waals surface area contributed by atoms with E-state index in [-0.39, 0.29) is 24.0 Å². The highest BCUT2D eigenvalue weighted by Crippen LogP contribution is 2.20. The van der Waals surface area contributed by atoms with Crippen molar-refractivity contribution in [2.45, 2.75) is 38.6 Å². The number of hydrogen-bond donors (Lipinski definition) is 1. The number of piperazine rings is 1. The Morgan fingerprint density at radius 2 is 1.78 bits per heavy atom. The summed E-state index contributed by atoms with van der Waals surface area (Å²) in [6.07, 6.45) is 5.52. The zero-order chi connectivity index (χ0) is 18.4. The van der Waals surface area contributed by atoms with Crippen molar-refractivity contribution < 1.29 is 0 Å². The maximum Gasteiger partial charge on any atom is 0.193 e. The number of nitrogens with zero attached hydrogens (tertiary/aromatic N) is 5. The molecule has 2 atom stereocenters. The van der Waals surface area contributed by atoms with Gasteiger partial charge in [0.05, 0.1) is 6.54 Å². The zero-order valence-electron chi connectivity index (χ0n) is 17.7. The summed E-state index contributed by atoms with van der Waals surface area (Å²) in [5.74, 6) is 1.94. The van der Waals surface area contributed by atoms with E-state index in [2.05, 4.69) is 45.9 Å². The summed E-state index contributed by atoms with van der Waals surface area (Å²) in [6, 6.07) is 0.536. The molecule has 0 radical (unpaired) electrons. The summed E-state index contributed by atoms with van der Waals surface area (Å²) in [7, 11) is 4.46. The molecule has 2 unspecified atom stereocenters. The van der Waals surface area contributed by atoms with Crippen LogP contribution >= 0.6 is 24.0 Å². The Morgan fingerprint density at radius 1 is 1.00 bits per heavy atom. The van der Waals surface area contributed by atoms with Crippen LogP contribution in [0.2, 0.25) is 0 Å². The van der Waals surface area contributed by atoms with Crippen molar-refractivity contribution >= 4 is 29.9 Å². The van der Waals surface area contributed by atoms with E-state index in [4.69, 9.17) is 4.99 Å². The SMILES string of the molecule is CCNC(=NCC1CN(C)CCN1C)N1CCC(CN2CCCCC2)C1.I. The number of hydrogen-bond acceptors (Lipinski definition) is 4. The molecule has 0 saturated carbocycles. The predicted molar refractivity (Wildman–Crippen MR) is 125 cm³/mol. The van der Waals surface area contributed by atoms with Crippen LogP contribution < -0.4 is 5.32 Å². The van der Waals surface area contributed by atoms with Crippen molar-refractivity contribution in [2.24, 2.45) is 10.9 Å². The first-order chi connectivity index (χ1) is 12.7. The van der Waals surface area contributed by atoms with E-state index in [1.807, 2.05) is 0 Å². The van der Waals surface area contributed by atoms with Gasteiger partial charge in [-0.15, -0.1) is 24.0 Å². The lowest BCUT2D eigenvalue weighted by Gasteiger charge is -2.37. The van der Waals surface area contributed by atoms with Gasteiger partial charge in [-0.3, -0.25) is 9.89 Å². The number of halogens is 1. The van der Waals surface area contributed by atoms with Gasteiger partial charge < -0.3 is 20.0 Å². The number of likely N-dealkylation sites (N-methyl/N-ethyl adjacent to an activating group) is 2. The van der Waals surface area contributed by atoms with Gasteiger partial charge in [-0.1, -0.05) is 6.42 Å². The Morgan fingerprint density at radius 3 is 2.52 bits per heavy atom. The van der Waals surface area contributed by atoms with Crippen LogP contribution in [0.25, 0.3) is 0 Å². The van der Waals surface area contributed by atoms with Gasteiger partial charge in [0.1, 0.15) is 0 Å². The molecule has 0 aromatic carbocycles. The molecule has 0 aromatic rings. The molecule has 3 aliphatic heterocycles. The van der Waals surface area contributed by atoms with E-state index < -0.39 is 0 Å². The first-order valence-electron chi connectivity index (χ1n) is 10.8. The van der Waals surface area contributed by atoms with Crippen molar-refractivity contribution in [2.75, 3.05) is 79.5 Å². The number of rotatable bonds is 5. The summed E-state index contributed by atoms with van der Waals surface area (Å²) in [6.45, 7) is 13.7. The third-order valence-electron chi connectivity index (χ3n) is 6.32. The van der Waals surface area contributed by atoms with Crippen LogP contribution in [0, 0.1) is 5.92 Å². The van der Waals surface area contributed by atoms with Gasteiger partial charge in [0.15, 0.2) is 5.96 Å². The molecule has 0 bridgehead atoms. The van der Waals surface area contributed by atoms with Crippen molar-refractivity contribution in [1.29, 1.82) is 0 Å². The maximum atomic E-state index is 5.03. The van der Waals surface area contributed by atoms with Crippen LogP contribution in [0.1, 0.15) is 32.6 Å². The number of piperidine rings is 1. The molecule has 3 aliphatic rings. The monoisotopic (exact) mass is 492 g/mol. The van der Waals surface area contributed by atoms with Gasteiger partial charge in [0.2, 0.25) is 0 Å². The van der Waals surface area contributed by atoms with Crippen molar-refractivity contribution in [3.8, 4) is 0 Å². The second kappa shape index (κ2) is 11.8. The molecule has 27 heavy (non-hydrogen) atoms. The highest BCUT2D eigenvalue weighted by Gasteiger charge is 2.28. The minimum absolute atomic E-state index is 0. The molecule has 6 nitrogen and oxygen atoms in total. The molecule has 0 spiro atoms. The molecule has 0 amide bonds. The zero-order valence-corrected chi connectivity index (χ0v) is 20.0. The Balaban J connectivity index is 0.00000261. The normalized spacial score (nSPS) is 29.0. The lowest BCUT2D eigenvalue weighted by atomic mass is 10.1. The summed E-state index contributed by atoms with van der Waals surface area (Å²) >= 11 is 0. The Kier molecular flexibility index (Phi) is 10.1. The molecule has 0 aromatic heterocycles. The van der Waals surface area contributed by atoms with Gasteiger partial charge in [-0.2, -0.15) is 0 Å². The highest BCUT2D eigenvalue weighted by molar-refractivity contribution is 14.0. The van der Waals surface area contributed by atoms with Crippen LogP contribution in [0.4, 0.5) is 0 Å². The quantitative estimate of drug-likeness (QED) is 0.359. The summed E-state index contributed by atoms with van der Waals surface area (Å²) < 4.78 is 0.